The van der Waals surface area contributed by atoms with Crippen LogP contribution in [0, 0.1) is 10.8 Å². The van der Waals surface area contributed by atoms with Gasteiger partial charge < -0.3 is 10.2 Å². The molecule has 0 aromatic rings. The van der Waals surface area contributed by atoms with E-state index in [-0.39, 0.29) is 23.0 Å². The molecule has 0 aromatic heterocycles. The Morgan fingerprint density at radius 2 is 1.02 bits per heavy atom. The fraction of sp³-hybridized carbons (Fsp3) is 0.463. The highest BCUT2D eigenvalue weighted by Gasteiger charge is 2.32. The first kappa shape index (κ1) is 36.3. The highest BCUT2D eigenvalue weighted by Crippen LogP contribution is 2.42. The van der Waals surface area contributed by atoms with Crippen molar-refractivity contribution in [2.75, 3.05) is 0 Å². The van der Waals surface area contributed by atoms with Gasteiger partial charge in [0.25, 0.3) is 0 Å². The van der Waals surface area contributed by atoms with Crippen molar-refractivity contribution in [3.8, 4) is 0 Å². The van der Waals surface area contributed by atoms with Crippen LogP contribution in [0.5, 0.6) is 0 Å². The van der Waals surface area contributed by atoms with Gasteiger partial charge in [-0.1, -0.05) is 148 Å². The maximum absolute atomic E-state index is 10.2. The van der Waals surface area contributed by atoms with Gasteiger partial charge in [0.05, 0.1) is 12.2 Å². The Labute approximate surface area is 263 Å². The highest BCUT2D eigenvalue weighted by molar-refractivity contribution is 5.39. The molecule has 0 aliphatic heterocycles. The van der Waals surface area contributed by atoms with E-state index in [1.54, 1.807) is 0 Å². The molecule has 2 heteroatoms. The van der Waals surface area contributed by atoms with Crippen LogP contribution in [0.4, 0.5) is 0 Å². The van der Waals surface area contributed by atoms with Crippen LogP contribution in [0.2, 0.25) is 0 Å². The molecule has 0 saturated carbocycles. The summed E-state index contributed by atoms with van der Waals surface area (Å²) in [5, 5.41) is 20.3. The summed E-state index contributed by atoms with van der Waals surface area (Å²) in [5.74, 6) is 0. The highest BCUT2D eigenvalue weighted by atomic mass is 16.3. The van der Waals surface area contributed by atoms with Crippen LogP contribution < -0.4 is 0 Å². The quantitative estimate of drug-likeness (QED) is 0.238. The van der Waals surface area contributed by atoms with Crippen LogP contribution in [0.1, 0.15) is 101 Å². The summed E-state index contributed by atoms with van der Waals surface area (Å²) in [4.78, 5) is 0. The molecule has 0 heterocycles. The SMILES string of the molecule is CCC(/C=C/C1=C(C)C[C@@H](O)CC1(C)C)=C\C=C\C(C)=C\C=C\C=C(C)\C=C\C=C(C)\C=C\C1=C(C)C[C@H](O)CC1(C)C. The summed E-state index contributed by atoms with van der Waals surface area (Å²) >= 11 is 0. The van der Waals surface area contributed by atoms with E-state index in [9.17, 15) is 10.2 Å². The lowest BCUT2D eigenvalue weighted by atomic mass is 9.71. The Morgan fingerprint density at radius 1 is 0.628 bits per heavy atom. The van der Waals surface area contributed by atoms with Crippen molar-refractivity contribution in [1.82, 2.24) is 0 Å². The van der Waals surface area contributed by atoms with E-state index in [1.165, 1.54) is 44.6 Å². The average Bonchev–Trinajstić information content (AvgIpc) is 2.87. The summed E-state index contributed by atoms with van der Waals surface area (Å²) in [5.41, 5.74) is 10.2. The second kappa shape index (κ2) is 16.8. The number of aliphatic hydroxyl groups is 2. The van der Waals surface area contributed by atoms with Crippen LogP contribution >= 0.6 is 0 Å². The minimum atomic E-state index is -0.227. The predicted octanol–water partition coefficient (Wildman–Crippen LogP) is 10.9. The minimum Gasteiger partial charge on any atom is -0.393 e. The molecule has 2 atom stereocenters. The minimum absolute atomic E-state index is 0.00405. The number of rotatable bonds is 11. The first-order valence-corrected chi connectivity index (χ1v) is 16.0. The first-order chi connectivity index (χ1) is 20.1. The molecule has 234 valence electrons. The molecule has 2 rings (SSSR count). The monoisotopic (exact) mass is 582 g/mol. The zero-order chi connectivity index (χ0) is 32.2. The summed E-state index contributed by atoms with van der Waals surface area (Å²) in [6.07, 6.45) is 33.8. The second-order valence-corrected chi connectivity index (χ2v) is 13.9. The van der Waals surface area contributed by atoms with Gasteiger partial charge in [0.2, 0.25) is 0 Å². The Balaban J connectivity index is 1.94. The van der Waals surface area contributed by atoms with E-state index in [2.05, 4.69) is 154 Å². The Kier molecular flexibility index (Phi) is 14.2. The third-order valence-corrected chi connectivity index (χ3v) is 8.56. The lowest BCUT2D eigenvalue weighted by Gasteiger charge is -2.35. The van der Waals surface area contributed by atoms with Crippen molar-refractivity contribution < 1.29 is 10.2 Å². The van der Waals surface area contributed by atoms with E-state index < -0.39 is 0 Å². The summed E-state index contributed by atoms with van der Waals surface area (Å²) in [6, 6.07) is 0. The van der Waals surface area contributed by atoms with Gasteiger partial charge in [0.15, 0.2) is 0 Å². The molecule has 43 heavy (non-hydrogen) atoms. The topological polar surface area (TPSA) is 40.5 Å². The van der Waals surface area contributed by atoms with E-state index in [0.29, 0.717) is 0 Å². The van der Waals surface area contributed by atoms with Gasteiger partial charge in [-0.05, 0) is 94.3 Å². The molecule has 2 aliphatic carbocycles. The Bertz CT molecular complexity index is 1300. The van der Waals surface area contributed by atoms with Gasteiger partial charge >= 0.3 is 0 Å². The molecule has 2 nitrogen and oxygen atoms in total. The molecule has 2 N–H and O–H groups in total. The molecule has 0 aromatic carbocycles. The van der Waals surface area contributed by atoms with Crippen LogP contribution in [0.15, 0.2) is 130 Å². The lowest BCUT2D eigenvalue weighted by Crippen LogP contribution is -2.28. The maximum atomic E-state index is 10.2. The number of aliphatic hydroxyl groups excluding tert-OH is 2. The van der Waals surface area contributed by atoms with Crippen molar-refractivity contribution in [1.29, 1.82) is 0 Å². The van der Waals surface area contributed by atoms with Crippen LogP contribution in [-0.4, -0.2) is 22.4 Å². The summed E-state index contributed by atoms with van der Waals surface area (Å²) in [7, 11) is 0. The van der Waals surface area contributed by atoms with Gasteiger partial charge in [-0.3, -0.25) is 0 Å². The fourth-order valence-corrected chi connectivity index (χ4v) is 6.31. The van der Waals surface area contributed by atoms with Crippen molar-refractivity contribution in [2.24, 2.45) is 10.8 Å². The molecule has 0 amide bonds. The molecule has 0 spiro atoms. The standard InChI is InChI=1S/C41H58O2/c1-11-35(23-25-39-34(6)27-37(43)29-41(39,9)10)21-15-20-31(3)17-13-12-16-30(2)18-14-19-32(4)22-24-38-33(5)26-36(42)28-40(38,7)8/h12-25,36-37,42-43H,11,26-29H2,1-10H3/b13-12+,18-14+,20-15+,24-22+,25-23+,30-16+,31-17+,32-19+,35-21+/t36-,37+/m0/s1. The third kappa shape index (κ3) is 12.3. The van der Waals surface area contributed by atoms with E-state index in [4.69, 9.17) is 0 Å². The maximum Gasteiger partial charge on any atom is 0.0585 e. The number of allylic oxidation sites excluding steroid dienone is 20. The first-order valence-electron chi connectivity index (χ1n) is 16.0. The predicted molar refractivity (Wildman–Crippen MR) is 189 cm³/mol. The molecular formula is C41H58O2. The number of hydrogen-bond donors (Lipinski definition) is 2. The van der Waals surface area contributed by atoms with Gasteiger partial charge in [-0.15, -0.1) is 0 Å². The zero-order valence-corrected chi connectivity index (χ0v) is 28.7. The van der Waals surface area contributed by atoms with Crippen molar-refractivity contribution in [3.05, 3.63) is 130 Å². The van der Waals surface area contributed by atoms with Crippen molar-refractivity contribution >= 4 is 0 Å². The Morgan fingerprint density at radius 3 is 1.47 bits per heavy atom. The summed E-state index contributed by atoms with van der Waals surface area (Å²) < 4.78 is 0. The van der Waals surface area contributed by atoms with E-state index in [1.807, 2.05) is 0 Å². The van der Waals surface area contributed by atoms with Crippen LogP contribution in [0.3, 0.4) is 0 Å². The molecule has 0 radical (unpaired) electrons. The fourth-order valence-electron chi connectivity index (χ4n) is 6.31. The molecule has 0 fully saturated rings. The van der Waals surface area contributed by atoms with Crippen LogP contribution in [-0.2, 0) is 0 Å². The normalized spacial score (nSPS) is 24.7. The van der Waals surface area contributed by atoms with Crippen LogP contribution in [0.25, 0.3) is 0 Å². The molecule has 2 aliphatic rings. The lowest BCUT2D eigenvalue weighted by molar-refractivity contribution is 0.116. The van der Waals surface area contributed by atoms with Gasteiger partial charge in [-0.2, -0.15) is 0 Å². The number of hydrogen-bond acceptors (Lipinski definition) is 2. The third-order valence-electron chi connectivity index (χ3n) is 8.56. The van der Waals surface area contributed by atoms with Gasteiger partial charge in [0.1, 0.15) is 0 Å². The second-order valence-electron chi connectivity index (χ2n) is 13.9. The molecule has 0 saturated heterocycles. The smallest absolute Gasteiger partial charge is 0.0585 e. The average molecular weight is 583 g/mol. The zero-order valence-electron chi connectivity index (χ0n) is 28.7. The van der Waals surface area contributed by atoms with Gasteiger partial charge in [-0.25, -0.2) is 0 Å². The Hall–Kier alpha value is -2.94. The largest absolute Gasteiger partial charge is 0.393 e. The van der Waals surface area contributed by atoms with E-state index in [0.717, 1.165) is 32.1 Å². The van der Waals surface area contributed by atoms with Gasteiger partial charge in [0, 0.05) is 0 Å². The van der Waals surface area contributed by atoms with Crippen molar-refractivity contribution in [3.63, 3.8) is 0 Å². The molecule has 0 bridgehead atoms. The molecule has 0 unspecified atom stereocenters. The van der Waals surface area contributed by atoms with E-state index >= 15 is 0 Å². The summed E-state index contributed by atoms with van der Waals surface area (Å²) in [6.45, 7) is 21.7. The van der Waals surface area contributed by atoms with Crippen molar-refractivity contribution in [2.45, 2.75) is 114 Å². The molecular weight excluding hydrogens is 524 g/mol.